The summed E-state index contributed by atoms with van der Waals surface area (Å²) in [6.45, 7) is 0. The fourth-order valence-electron chi connectivity index (χ4n) is 2.81. The van der Waals surface area contributed by atoms with Crippen molar-refractivity contribution in [1.29, 1.82) is 0 Å². The van der Waals surface area contributed by atoms with E-state index in [1.54, 1.807) is 10.9 Å². The molecule has 2 amide bonds. The van der Waals surface area contributed by atoms with E-state index in [1.165, 1.54) is 29.5 Å². The van der Waals surface area contributed by atoms with Crippen LogP contribution in [0.25, 0.3) is 16.3 Å². The van der Waals surface area contributed by atoms with Crippen molar-refractivity contribution in [2.24, 2.45) is 5.73 Å². The van der Waals surface area contributed by atoms with Crippen LogP contribution >= 0.6 is 22.9 Å². The Morgan fingerprint density at radius 2 is 1.86 bits per heavy atom. The molecule has 2 aromatic carbocycles. The summed E-state index contributed by atoms with van der Waals surface area (Å²) in [5, 5.41) is 9.60. The Hall–Kier alpha value is -3.42. The zero-order valence-corrected chi connectivity index (χ0v) is 16.6. The third kappa shape index (κ3) is 3.91. The number of aromatic nitrogens is 2. The summed E-state index contributed by atoms with van der Waals surface area (Å²) in [6.07, 6.45) is 1.67. The highest BCUT2D eigenvalue weighted by molar-refractivity contribution is 7.13. The van der Waals surface area contributed by atoms with Gasteiger partial charge in [0.15, 0.2) is 0 Å². The van der Waals surface area contributed by atoms with E-state index in [-0.39, 0.29) is 11.5 Å². The normalized spacial score (nSPS) is 10.7. The zero-order chi connectivity index (χ0) is 20.4. The molecule has 0 spiro atoms. The maximum atomic E-state index is 13.1. The molecule has 29 heavy (non-hydrogen) atoms. The van der Waals surface area contributed by atoms with Gasteiger partial charge in [0.1, 0.15) is 5.69 Å². The number of hydrogen-bond acceptors (Lipinski definition) is 4. The summed E-state index contributed by atoms with van der Waals surface area (Å²) in [5.74, 6) is -0.993. The van der Waals surface area contributed by atoms with Crippen LogP contribution < -0.4 is 11.1 Å². The van der Waals surface area contributed by atoms with Gasteiger partial charge >= 0.3 is 0 Å². The molecule has 0 aliphatic rings. The molecular weight excluding hydrogens is 408 g/mol. The van der Waals surface area contributed by atoms with Gasteiger partial charge in [-0.2, -0.15) is 5.10 Å². The van der Waals surface area contributed by atoms with Crippen LogP contribution in [-0.2, 0) is 0 Å². The predicted molar refractivity (Wildman–Crippen MR) is 115 cm³/mol. The van der Waals surface area contributed by atoms with Gasteiger partial charge in [0.2, 0.25) is 5.91 Å². The molecule has 4 rings (SSSR count). The number of carbonyl (C=O) groups is 2. The van der Waals surface area contributed by atoms with Gasteiger partial charge in [-0.1, -0.05) is 35.9 Å². The number of anilines is 1. The Morgan fingerprint density at radius 3 is 2.55 bits per heavy atom. The van der Waals surface area contributed by atoms with Gasteiger partial charge in [0.25, 0.3) is 5.91 Å². The average molecular weight is 423 g/mol. The van der Waals surface area contributed by atoms with Gasteiger partial charge in [-0.25, -0.2) is 4.68 Å². The maximum absolute atomic E-state index is 13.1. The quantitative estimate of drug-likeness (QED) is 0.492. The van der Waals surface area contributed by atoms with Gasteiger partial charge in [-0.3, -0.25) is 9.59 Å². The Kier molecular flexibility index (Phi) is 5.16. The molecule has 4 aromatic rings. The number of nitrogens with zero attached hydrogens (tertiary/aromatic N) is 2. The van der Waals surface area contributed by atoms with Crippen LogP contribution in [0.5, 0.6) is 0 Å². The first kappa shape index (κ1) is 18.9. The molecule has 3 N–H and O–H groups in total. The molecule has 144 valence electrons. The number of amides is 2. The maximum Gasteiger partial charge on any atom is 0.259 e. The number of para-hydroxylation sites is 1. The van der Waals surface area contributed by atoms with Gasteiger partial charge < -0.3 is 11.1 Å². The van der Waals surface area contributed by atoms with Crippen LogP contribution in [0.15, 0.2) is 72.2 Å². The monoisotopic (exact) mass is 422 g/mol. The number of benzene rings is 2. The first-order valence-corrected chi connectivity index (χ1v) is 9.88. The number of halogens is 1. The molecule has 0 saturated carbocycles. The Labute approximate surface area is 175 Å². The molecule has 0 aliphatic heterocycles. The summed E-state index contributed by atoms with van der Waals surface area (Å²) in [7, 11) is 0. The van der Waals surface area contributed by atoms with Crippen LogP contribution in [0.4, 0.5) is 5.69 Å². The number of thiophene rings is 1. The van der Waals surface area contributed by atoms with Crippen molar-refractivity contribution >= 4 is 40.4 Å². The minimum Gasteiger partial charge on any atom is -0.366 e. The van der Waals surface area contributed by atoms with Crippen LogP contribution in [0.1, 0.15) is 20.7 Å². The molecule has 0 aliphatic carbocycles. The molecule has 0 radical (unpaired) electrons. The third-order valence-electron chi connectivity index (χ3n) is 4.23. The highest BCUT2D eigenvalue weighted by Crippen LogP contribution is 2.29. The lowest BCUT2D eigenvalue weighted by Gasteiger charge is -2.08. The molecule has 0 atom stereocenters. The second-order valence-corrected chi connectivity index (χ2v) is 7.52. The SMILES string of the molecule is NC(=O)c1ccc(Cl)c(NC(=O)c2cn(-c3ccccc3)nc2-c2cccs2)c1. The topological polar surface area (TPSA) is 90.0 Å². The first-order valence-electron chi connectivity index (χ1n) is 8.62. The molecule has 0 bridgehead atoms. The van der Waals surface area contributed by atoms with E-state index < -0.39 is 5.91 Å². The largest absolute Gasteiger partial charge is 0.366 e. The zero-order valence-electron chi connectivity index (χ0n) is 15.0. The van der Waals surface area contributed by atoms with Crippen LogP contribution in [0, 0.1) is 0 Å². The Balaban J connectivity index is 1.74. The van der Waals surface area contributed by atoms with E-state index in [0.717, 1.165) is 10.6 Å². The molecule has 0 saturated heterocycles. The van der Waals surface area contributed by atoms with Crippen molar-refractivity contribution in [3.05, 3.63) is 88.4 Å². The highest BCUT2D eigenvalue weighted by Gasteiger charge is 2.20. The van der Waals surface area contributed by atoms with Crippen molar-refractivity contribution < 1.29 is 9.59 Å². The van der Waals surface area contributed by atoms with E-state index in [2.05, 4.69) is 10.4 Å². The minimum atomic E-state index is -0.603. The van der Waals surface area contributed by atoms with Gasteiger partial charge in [0, 0.05) is 11.8 Å². The lowest BCUT2D eigenvalue weighted by atomic mass is 10.1. The minimum absolute atomic E-state index is 0.253. The number of rotatable bonds is 5. The smallest absolute Gasteiger partial charge is 0.259 e. The highest BCUT2D eigenvalue weighted by atomic mass is 35.5. The van der Waals surface area contributed by atoms with Crippen molar-refractivity contribution in [2.45, 2.75) is 0 Å². The fraction of sp³-hybridized carbons (Fsp3) is 0. The molecular formula is C21H15ClN4O2S. The van der Waals surface area contributed by atoms with E-state index in [1.807, 2.05) is 47.8 Å². The predicted octanol–water partition coefficient (Wildman–Crippen LogP) is 4.61. The molecule has 0 fully saturated rings. The van der Waals surface area contributed by atoms with Gasteiger partial charge in [-0.05, 0) is 41.8 Å². The van der Waals surface area contributed by atoms with Gasteiger partial charge in [-0.15, -0.1) is 11.3 Å². The number of primary amides is 1. The molecule has 8 heteroatoms. The lowest BCUT2D eigenvalue weighted by molar-refractivity contribution is 0.0996. The molecule has 2 aromatic heterocycles. The summed E-state index contributed by atoms with van der Waals surface area (Å²) >= 11 is 7.68. The second-order valence-electron chi connectivity index (χ2n) is 6.16. The average Bonchev–Trinajstić information content (AvgIpc) is 3.40. The van der Waals surface area contributed by atoms with Gasteiger partial charge in [0.05, 0.1) is 26.8 Å². The van der Waals surface area contributed by atoms with Crippen molar-refractivity contribution in [2.75, 3.05) is 5.32 Å². The number of carbonyl (C=O) groups excluding carboxylic acids is 2. The van der Waals surface area contributed by atoms with Crippen LogP contribution in [-0.4, -0.2) is 21.6 Å². The summed E-state index contributed by atoms with van der Waals surface area (Å²) in [5.41, 5.74) is 7.66. The first-order chi connectivity index (χ1) is 14.0. The summed E-state index contributed by atoms with van der Waals surface area (Å²) < 4.78 is 1.66. The van der Waals surface area contributed by atoms with Crippen LogP contribution in [0.3, 0.4) is 0 Å². The lowest BCUT2D eigenvalue weighted by Crippen LogP contribution is -2.15. The number of nitrogens with two attached hydrogens (primary N) is 1. The number of nitrogens with one attached hydrogen (secondary N) is 1. The third-order valence-corrected chi connectivity index (χ3v) is 5.44. The molecule has 2 heterocycles. The van der Waals surface area contributed by atoms with Crippen molar-refractivity contribution in [1.82, 2.24) is 9.78 Å². The van der Waals surface area contributed by atoms with Crippen molar-refractivity contribution in [3.8, 4) is 16.3 Å². The van der Waals surface area contributed by atoms with E-state index in [4.69, 9.17) is 17.3 Å². The van der Waals surface area contributed by atoms with Crippen LogP contribution in [0.2, 0.25) is 5.02 Å². The van der Waals surface area contributed by atoms with E-state index in [0.29, 0.717) is 22.0 Å². The molecule has 6 nitrogen and oxygen atoms in total. The summed E-state index contributed by atoms with van der Waals surface area (Å²) in [6, 6.07) is 17.8. The van der Waals surface area contributed by atoms with Crippen molar-refractivity contribution in [3.63, 3.8) is 0 Å². The molecule has 0 unspecified atom stereocenters. The van der Waals surface area contributed by atoms with E-state index >= 15 is 0 Å². The summed E-state index contributed by atoms with van der Waals surface area (Å²) in [4.78, 5) is 25.4. The Morgan fingerprint density at radius 1 is 1.07 bits per heavy atom. The second kappa shape index (κ2) is 7.90. The number of hydrogen-bond donors (Lipinski definition) is 2. The fourth-order valence-corrected chi connectivity index (χ4v) is 3.70. The standard InChI is InChI=1S/C21H15ClN4O2S/c22-16-9-8-13(20(23)27)11-17(16)24-21(28)15-12-26(14-5-2-1-3-6-14)25-19(15)18-7-4-10-29-18/h1-12H,(H2,23,27)(H,24,28). The van der Waals surface area contributed by atoms with E-state index in [9.17, 15) is 9.59 Å². The Bertz CT molecular complexity index is 1190.